The summed E-state index contributed by atoms with van der Waals surface area (Å²) in [5.41, 5.74) is 6.91. The highest BCUT2D eigenvalue weighted by atomic mass is 16.5. The number of Topliss-reactive ketones (excluding diaryl/α,β-unsaturated/α-hetero) is 1. The highest BCUT2D eigenvalue weighted by molar-refractivity contribution is 6.15. The Morgan fingerprint density at radius 1 is 1.15 bits per heavy atom. The molecule has 0 amide bonds. The van der Waals surface area contributed by atoms with Crippen LogP contribution in [0, 0.1) is 13.8 Å². The van der Waals surface area contributed by atoms with E-state index in [0.29, 0.717) is 13.0 Å². The first-order valence-corrected chi connectivity index (χ1v) is 9.06. The second-order valence-corrected chi connectivity index (χ2v) is 6.99. The summed E-state index contributed by atoms with van der Waals surface area (Å²) in [7, 11) is 1.68. The minimum atomic E-state index is 0.126. The molecule has 0 unspecified atom stereocenters. The molecule has 0 saturated carbocycles. The van der Waals surface area contributed by atoms with Crippen LogP contribution in [0.15, 0.2) is 54.1 Å². The van der Waals surface area contributed by atoms with Gasteiger partial charge in [0, 0.05) is 28.8 Å². The predicted octanol–water partition coefficient (Wildman–Crippen LogP) is 4.38. The van der Waals surface area contributed by atoms with Crippen molar-refractivity contribution < 1.29 is 9.53 Å². The Kier molecular flexibility index (Phi) is 4.40. The number of carbonyl (C=O) groups excluding carboxylic acids is 1. The first-order valence-electron chi connectivity index (χ1n) is 9.06. The summed E-state index contributed by atoms with van der Waals surface area (Å²) < 4.78 is 7.51. The number of ketones is 1. The quantitative estimate of drug-likeness (QED) is 0.650. The summed E-state index contributed by atoms with van der Waals surface area (Å²) in [5.74, 6) is 0.951. The van der Waals surface area contributed by atoms with Gasteiger partial charge in [-0.15, -0.1) is 0 Å². The Labute approximate surface area is 159 Å². The molecule has 0 N–H and O–H groups in total. The lowest BCUT2D eigenvalue weighted by molar-refractivity contribution is 0.104. The third-order valence-electron chi connectivity index (χ3n) is 5.00. The molecule has 4 rings (SSSR count). The standard InChI is InChI=1S/C23H22N2O2/c1-15-10-16(2)25(24-15)14-20-12-17(8-9-22(20)27-3)11-19-13-18-6-4-5-7-21(18)23(19)26/h4-12H,13-14H2,1-3H3/b19-11+. The molecule has 0 atom stereocenters. The number of aryl methyl sites for hydroxylation is 2. The Morgan fingerprint density at radius 2 is 1.96 bits per heavy atom. The fourth-order valence-electron chi connectivity index (χ4n) is 3.68. The number of ether oxygens (including phenoxy) is 1. The largest absolute Gasteiger partial charge is 0.496 e. The molecule has 0 spiro atoms. The van der Waals surface area contributed by atoms with Gasteiger partial charge in [0.05, 0.1) is 19.3 Å². The van der Waals surface area contributed by atoms with Gasteiger partial charge >= 0.3 is 0 Å². The van der Waals surface area contributed by atoms with Crippen molar-refractivity contribution in [1.82, 2.24) is 9.78 Å². The van der Waals surface area contributed by atoms with Crippen molar-refractivity contribution in [3.05, 3.63) is 87.7 Å². The number of rotatable bonds is 4. The molecule has 27 heavy (non-hydrogen) atoms. The number of methoxy groups -OCH3 is 1. The Bertz CT molecular complexity index is 1060. The van der Waals surface area contributed by atoms with E-state index in [4.69, 9.17) is 4.74 Å². The zero-order chi connectivity index (χ0) is 19.0. The van der Waals surface area contributed by atoms with E-state index in [1.54, 1.807) is 7.11 Å². The van der Waals surface area contributed by atoms with Crippen LogP contribution < -0.4 is 4.74 Å². The van der Waals surface area contributed by atoms with Crippen LogP contribution in [0.4, 0.5) is 0 Å². The maximum Gasteiger partial charge on any atom is 0.189 e. The number of hydrogen-bond acceptors (Lipinski definition) is 3. The van der Waals surface area contributed by atoms with Crippen LogP contribution in [0.2, 0.25) is 0 Å². The van der Waals surface area contributed by atoms with Crippen LogP contribution in [0.25, 0.3) is 6.08 Å². The van der Waals surface area contributed by atoms with Crippen LogP contribution in [-0.2, 0) is 13.0 Å². The van der Waals surface area contributed by atoms with E-state index in [1.165, 1.54) is 0 Å². The number of hydrogen-bond donors (Lipinski definition) is 0. The molecule has 1 aliphatic rings. The predicted molar refractivity (Wildman–Crippen MR) is 106 cm³/mol. The summed E-state index contributed by atoms with van der Waals surface area (Å²) in [6.07, 6.45) is 2.68. The number of aromatic nitrogens is 2. The van der Waals surface area contributed by atoms with E-state index in [1.807, 2.05) is 61.0 Å². The molecule has 0 bridgehead atoms. The zero-order valence-corrected chi connectivity index (χ0v) is 15.8. The molecular weight excluding hydrogens is 336 g/mol. The molecule has 1 aromatic heterocycles. The smallest absolute Gasteiger partial charge is 0.189 e. The van der Waals surface area contributed by atoms with Crippen LogP contribution in [0.5, 0.6) is 5.75 Å². The molecule has 4 heteroatoms. The Balaban J connectivity index is 1.67. The third kappa shape index (κ3) is 3.31. The lowest BCUT2D eigenvalue weighted by Crippen LogP contribution is -2.06. The molecule has 136 valence electrons. The van der Waals surface area contributed by atoms with Crippen molar-refractivity contribution in [2.45, 2.75) is 26.8 Å². The fraction of sp³-hybridized carbons (Fsp3) is 0.217. The van der Waals surface area contributed by atoms with Crippen LogP contribution in [0.1, 0.15) is 38.4 Å². The summed E-state index contributed by atoms with van der Waals surface area (Å²) in [6.45, 7) is 4.67. The van der Waals surface area contributed by atoms with Gasteiger partial charge in [-0.25, -0.2) is 0 Å². The number of benzene rings is 2. The van der Waals surface area contributed by atoms with Gasteiger partial charge in [-0.2, -0.15) is 5.10 Å². The van der Waals surface area contributed by atoms with Crippen molar-refractivity contribution in [2.24, 2.45) is 0 Å². The Hall–Kier alpha value is -3.14. The van der Waals surface area contributed by atoms with Crippen LogP contribution in [0.3, 0.4) is 0 Å². The summed E-state index contributed by atoms with van der Waals surface area (Å²) in [5, 5.41) is 4.54. The maximum absolute atomic E-state index is 12.6. The van der Waals surface area contributed by atoms with Gasteiger partial charge in [0.15, 0.2) is 5.78 Å². The number of carbonyl (C=O) groups is 1. The van der Waals surface area contributed by atoms with E-state index in [9.17, 15) is 4.79 Å². The molecule has 0 saturated heterocycles. The number of nitrogens with zero attached hydrogens (tertiary/aromatic N) is 2. The molecule has 0 fully saturated rings. The number of fused-ring (bicyclic) bond motifs is 1. The lowest BCUT2D eigenvalue weighted by Gasteiger charge is -2.11. The molecule has 2 aromatic carbocycles. The van der Waals surface area contributed by atoms with E-state index in [0.717, 1.165) is 45.0 Å². The van der Waals surface area contributed by atoms with Crippen LogP contribution >= 0.6 is 0 Å². The minimum Gasteiger partial charge on any atom is -0.496 e. The first kappa shape index (κ1) is 17.3. The second-order valence-electron chi connectivity index (χ2n) is 6.99. The fourth-order valence-corrected chi connectivity index (χ4v) is 3.68. The van der Waals surface area contributed by atoms with E-state index >= 15 is 0 Å². The average Bonchev–Trinajstić information content (AvgIpc) is 3.14. The zero-order valence-electron chi connectivity index (χ0n) is 15.8. The van der Waals surface area contributed by atoms with Gasteiger partial charge in [0.2, 0.25) is 0 Å². The van der Waals surface area contributed by atoms with Crippen molar-refractivity contribution in [1.29, 1.82) is 0 Å². The van der Waals surface area contributed by atoms with E-state index in [-0.39, 0.29) is 5.78 Å². The van der Waals surface area contributed by atoms with Gasteiger partial charge in [-0.3, -0.25) is 9.48 Å². The topological polar surface area (TPSA) is 44.1 Å². The van der Waals surface area contributed by atoms with Crippen molar-refractivity contribution in [3.8, 4) is 5.75 Å². The molecule has 4 nitrogen and oxygen atoms in total. The van der Waals surface area contributed by atoms with Gasteiger partial charge in [0.1, 0.15) is 5.75 Å². The SMILES string of the molecule is COc1ccc(/C=C2\Cc3ccccc3C2=O)cc1Cn1nc(C)cc1C. The van der Waals surface area contributed by atoms with Gasteiger partial charge < -0.3 is 4.74 Å². The van der Waals surface area contributed by atoms with E-state index < -0.39 is 0 Å². The summed E-state index contributed by atoms with van der Waals surface area (Å²) in [4.78, 5) is 12.6. The molecule has 0 aliphatic heterocycles. The van der Waals surface area contributed by atoms with Gasteiger partial charge in [0.25, 0.3) is 0 Å². The molecule has 1 heterocycles. The molecular formula is C23H22N2O2. The third-order valence-corrected chi connectivity index (χ3v) is 5.00. The summed E-state index contributed by atoms with van der Waals surface area (Å²) in [6, 6.07) is 15.9. The molecule has 3 aromatic rings. The highest BCUT2D eigenvalue weighted by Crippen LogP contribution is 2.29. The number of allylic oxidation sites excluding steroid dienone is 1. The maximum atomic E-state index is 12.6. The van der Waals surface area contributed by atoms with Crippen molar-refractivity contribution in [3.63, 3.8) is 0 Å². The van der Waals surface area contributed by atoms with Gasteiger partial charge in [-0.1, -0.05) is 30.3 Å². The van der Waals surface area contributed by atoms with Crippen molar-refractivity contribution in [2.75, 3.05) is 7.11 Å². The van der Waals surface area contributed by atoms with Gasteiger partial charge in [-0.05, 0) is 49.2 Å². The monoisotopic (exact) mass is 358 g/mol. The van der Waals surface area contributed by atoms with Crippen LogP contribution in [-0.4, -0.2) is 22.7 Å². The highest BCUT2D eigenvalue weighted by Gasteiger charge is 2.24. The van der Waals surface area contributed by atoms with E-state index in [2.05, 4.69) is 17.2 Å². The normalized spacial score (nSPS) is 14.6. The lowest BCUT2D eigenvalue weighted by atomic mass is 10.0. The molecule has 0 radical (unpaired) electrons. The minimum absolute atomic E-state index is 0.126. The second kappa shape index (κ2) is 6.88. The van der Waals surface area contributed by atoms with Crippen molar-refractivity contribution >= 4 is 11.9 Å². The average molecular weight is 358 g/mol. The molecule has 1 aliphatic carbocycles. The Morgan fingerprint density at radius 3 is 2.67 bits per heavy atom. The summed E-state index contributed by atoms with van der Waals surface area (Å²) >= 11 is 0. The first-order chi connectivity index (χ1) is 13.0.